The van der Waals surface area contributed by atoms with Gasteiger partial charge in [-0.3, -0.25) is 0 Å². The number of hydrogen-bond donors (Lipinski definition) is 1. The first-order valence-electron chi connectivity index (χ1n) is 9.36. The molecule has 0 saturated heterocycles. The first-order chi connectivity index (χ1) is 12.6. The number of alkyl halides is 2. The Hall–Kier alpha value is -1.41. The van der Waals surface area contributed by atoms with Gasteiger partial charge in [0.1, 0.15) is 0 Å². The van der Waals surface area contributed by atoms with E-state index in [2.05, 4.69) is 0 Å². The van der Waals surface area contributed by atoms with Gasteiger partial charge >= 0.3 is 10.3 Å². The molecule has 0 amide bonds. The molecule has 0 aromatic heterocycles. The van der Waals surface area contributed by atoms with Crippen LogP contribution < -0.4 is 14.1 Å². The second-order valence-electron chi connectivity index (χ2n) is 8.39. The van der Waals surface area contributed by atoms with Gasteiger partial charge in [-0.1, -0.05) is 6.92 Å². The van der Waals surface area contributed by atoms with Crippen LogP contribution in [0.5, 0.6) is 11.5 Å². The van der Waals surface area contributed by atoms with Gasteiger partial charge in [0.2, 0.25) is 0 Å². The van der Waals surface area contributed by atoms with Crippen LogP contribution in [0.2, 0.25) is 0 Å². The number of ether oxygens (including phenoxy) is 1. The predicted molar refractivity (Wildman–Crippen MR) is 96.3 cm³/mol. The minimum absolute atomic E-state index is 0.0191. The average molecular weight is 401 g/mol. The molecule has 1 aromatic carbocycles. The Balaban J connectivity index is 1.71. The fraction of sp³-hybridized carbons (Fsp3) is 0.684. The van der Waals surface area contributed by atoms with Gasteiger partial charge in [0.15, 0.2) is 11.5 Å². The molecule has 3 aliphatic rings. The van der Waals surface area contributed by atoms with Gasteiger partial charge in [-0.15, -0.1) is 0 Å². The fourth-order valence-electron chi connectivity index (χ4n) is 5.86. The zero-order valence-electron chi connectivity index (χ0n) is 15.5. The third-order valence-electron chi connectivity index (χ3n) is 7.21. The minimum Gasteiger partial charge on any atom is -0.493 e. The Kier molecular flexibility index (Phi) is 4.24. The standard InChI is InChI=1S/C19H25F2NO4S/c1-18-7-5-12-13(15(18)6-8-19(18,20)21)4-3-11-9-17(26-27(22,23)24)16(25-2)10-14(11)12/h9-10,12-13,15H,3-8H2,1-2H3,(H2,22,23,24)/t12?,13?,15?,18-/m0/s1. The molecule has 1 aromatic rings. The largest absolute Gasteiger partial charge is 0.493 e. The number of nitrogens with two attached hydrogens (primary N) is 1. The molecule has 0 radical (unpaired) electrons. The van der Waals surface area contributed by atoms with E-state index in [1.54, 1.807) is 13.0 Å². The Morgan fingerprint density at radius 2 is 1.89 bits per heavy atom. The maximum Gasteiger partial charge on any atom is 0.380 e. The van der Waals surface area contributed by atoms with Crippen molar-refractivity contribution in [3.8, 4) is 11.5 Å². The number of rotatable bonds is 3. The highest BCUT2D eigenvalue weighted by atomic mass is 32.2. The minimum atomic E-state index is -4.16. The van der Waals surface area contributed by atoms with Gasteiger partial charge in [0.05, 0.1) is 7.11 Å². The Morgan fingerprint density at radius 1 is 1.15 bits per heavy atom. The summed E-state index contributed by atoms with van der Waals surface area (Å²) in [6.45, 7) is 1.76. The molecule has 5 nitrogen and oxygen atoms in total. The highest BCUT2D eigenvalue weighted by Crippen LogP contribution is 2.66. The molecule has 4 rings (SSSR count). The second-order valence-corrected chi connectivity index (χ2v) is 9.55. The Labute approximate surface area is 158 Å². The molecule has 2 fully saturated rings. The number of methoxy groups -OCH3 is 1. The van der Waals surface area contributed by atoms with Crippen LogP contribution in [0.4, 0.5) is 8.78 Å². The van der Waals surface area contributed by atoms with Crippen molar-refractivity contribution >= 4 is 10.3 Å². The van der Waals surface area contributed by atoms with Gasteiger partial charge in [0.25, 0.3) is 5.92 Å². The lowest BCUT2D eigenvalue weighted by Crippen LogP contribution is -2.46. The van der Waals surface area contributed by atoms with Crippen molar-refractivity contribution < 1.29 is 26.1 Å². The van der Waals surface area contributed by atoms with Gasteiger partial charge in [-0.25, -0.2) is 8.78 Å². The lowest BCUT2D eigenvalue weighted by molar-refractivity contribution is -0.132. The van der Waals surface area contributed by atoms with E-state index in [-0.39, 0.29) is 29.9 Å². The summed E-state index contributed by atoms with van der Waals surface area (Å²) in [6, 6.07) is 3.48. The quantitative estimate of drug-likeness (QED) is 0.836. The van der Waals surface area contributed by atoms with Crippen molar-refractivity contribution in [2.24, 2.45) is 22.4 Å². The zero-order valence-corrected chi connectivity index (χ0v) is 16.3. The molecular formula is C19H25F2NO4S. The molecular weight excluding hydrogens is 376 g/mol. The van der Waals surface area contributed by atoms with Crippen molar-refractivity contribution in [1.29, 1.82) is 0 Å². The maximum atomic E-state index is 14.5. The number of aryl methyl sites for hydroxylation is 1. The van der Waals surface area contributed by atoms with Gasteiger partial charge in [0, 0.05) is 11.8 Å². The van der Waals surface area contributed by atoms with Crippen molar-refractivity contribution in [2.45, 2.75) is 57.3 Å². The van der Waals surface area contributed by atoms with Crippen LogP contribution in [-0.4, -0.2) is 21.5 Å². The van der Waals surface area contributed by atoms with Crippen LogP contribution >= 0.6 is 0 Å². The molecule has 4 atom stereocenters. The lowest BCUT2D eigenvalue weighted by Gasteiger charge is -2.50. The van der Waals surface area contributed by atoms with Crippen LogP contribution in [0.1, 0.15) is 56.1 Å². The second kappa shape index (κ2) is 6.04. The third-order valence-corrected chi connectivity index (χ3v) is 7.62. The average Bonchev–Trinajstić information content (AvgIpc) is 2.82. The Morgan fingerprint density at radius 3 is 2.56 bits per heavy atom. The van der Waals surface area contributed by atoms with E-state index in [1.807, 2.05) is 6.07 Å². The summed E-state index contributed by atoms with van der Waals surface area (Å²) in [6.07, 6.45) is 3.30. The van der Waals surface area contributed by atoms with E-state index in [9.17, 15) is 17.2 Å². The van der Waals surface area contributed by atoms with Crippen LogP contribution in [0.25, 0.3) is 0 Å². The molecule has 0 spiro atoms. The molecule has 0 aliphatic heterocycles. The van der Waals surface area contributed by atoms with E-state index in [4.69, 9.17) is 14.1 Å². The molecule has 2 saturated carbocycles. The number of halogens is 2. The summed E-state index contributed by atoms with van der Waals surface area (Å²) in [5, 5.41) is 5.00. The predicted octanol–water partition coefficient (Wildman–Crippen LogP) is 3.77. The number of hydrogen-bond acceptors (Lipinski definition) is 4. The summed E-state index contributed by atoms with van der Waals surface area (Å²) in [5.41, 5.74) is 1.15. The topological polar surface area (TPSA) is 78.6 Å². The van der Waals surface area contributed by atoms with E-state index in [1.165, 1.54) is 7.11 Å². The molecule has 0 heterocycles. The SMILES string of the molecule is COc1cc2c(cc1OS(N)(=O)=O)CCC1C2CC[C@@]2(C)C1CCC2(F)F. The molecule has 27 heavy (non-hydrogen) atoms. The maximum absolute atomic E-state index is 14.5. The van der Waals surface area contributed by atoms with Crippen molar-refractivity contribution in [3.63, 3.8) is 0 Å². The molecule has 3 unspecified atom stereocenters. The summed E-state index contributed by atoms with van der Waals surface area (Å²) < 4.78 is 61.9. The van der Waals surface area contributed by atoms with Crippen LogP contribution in [0.3, 0.4) is 0 Å². The van der Waals surface area contributed by atoms with Crippen LogP contribution in [-0.2, 0) is 16.7 Å². The molecule has 150 valence electrons. The van der Waals surface area contributed by atoms with E-state index in [0.29, 0.717) is 31.4 Å². The van der Waals surface area contributed by atoms with Gasteiger partial charge in [-0.05, 0) is 73.1 Å². The molecule has 8 heteroatoms. The van der Waals surface area contributed by atoms with E-state index < -0.39 is 21.6 Å². The number of fused-ring (bicyclic) bond motifs is 5. The van der Waals surface area contributed by atoms with E-state index >= 15 is 0 Å². The highest BCUT2D eigenvalue weighted by molar-refractivity contribution is 7.84. The highest BCUT2D eigenvalue weighted by Gasteiger charge is 2.63. The third kappa shape index (κ3) is 2.92. The lowest BCUT2D eigenvalue weighted by atomic mass is 9.55. The number of benzene rings is 1. The zero-order chi connectivity index (χ0) is 19.6. The summed E-state index contributed by atoms with van der Waals surface area (Å²) in [5.74, 6) is -1.78. The van der Waals surface area contributed by atoms with Gasteiger partial charge in [-0.2, -0.15) is 13.6 Å². The summed E-state index contributed by atoms with van der Waals surface area (Å²) >= 11 is 0. The van der Waals surface area contributed by atoms with Crippen LogP contribution in [0, 0.1) is 17.3 Å². The van der Waals surface area contributed by atoms with E-state index in [0.717, 1.165) is 17.5 Å². The van der Waals surface area contributed by atoms with Crippen molar-refractivity contribution in [3.05, 3.63) is 23.3 Å². The fourth-order valence-corrected chi connectivity index (χ4v) is 6.24. The van der Waals surface area contributed by atoms with Gasteiger partial charge < -0.3 is 8.92 Å². The first-order valence-corrected chi connectivity index (χ1v) is 10.8. The van der Waals surface area contributed by atoms with Crippen molar-refractivity contribution in [1.82, 2.24) is 0 Å². The van der Waals surface area contributed by atoms with Crippen molar-refractivity contribution in [2.75, 3.05) is 7.11 Å². The molecule has 2 N–H and O–H groups in total. The molecule has 0 bridgehead atoms. The Bertz CT molecular complexity index is 873. The summed E-state index contributed by atoms with van der Waals surface area (Å²) in [7, 11) is -2.72. The first kappa shape index (κ1) is 18.9. The monoisotopic (exact) mass is 401 g/mol. The molecule has 3 aliphatic carbocycles. The van der Waals surface area contributed by atoms with Crippen LogP contribution in [0.15, 0.2) is 12.1 Å². The summed E-state index contributed by atoms with van der Waals surface area (Å²) in [4.78, 5) is 0. The normalized spacial score (nSPS) is 34.3. The smallest absolute Gasteiger partial charge is 0.380 e.